The van der Waals surface area contributed by atoms with Crippen LogP contribution >= 0.6 is 0 Å². The van der Waals surface area contributed by atoms with Crippen molar-refractivity contribution in [2.45, 2.75) is 31.7 Å². The minimum Gasteiger partial charge on any atom is -0.425 e. The van der Waals surface area contributed by atoms with Crippen molar-refractivity contribution in [3.63, 3.8) is 0 Å². The lowest BCUT2D eigenvalue weighted by atomic mass is 10.1. The molecule has 33 heavy (non-hydrogen) atoms. The molecule has 0 bridgehead atoms. The molecular weight excluding hydrogens is 442 g/mol. The molecule has 3 aromatic carbocycles. The third kappa shape index (κ3) is 4.67. The molecule has 0 fully saturated rings. The summed E-state index contributed by atoms with van der Waals surface area (Å²) in [6.45, 7) is 5.29. The highest BCUT2D eigenvalue weighted by molar-refractivity contribution is 7.89. The van der Waals surface area contributed by atoms with Crippen LogP contribution in [0.2, 0.25) is 0 Å². The van der Waals surface area contributed by atoms with Gasteiger partial charge in [-0.3, -0.25) is 0 Å². The second-order valence-corrected chi connectivity index (χ2v) is 9.88. The van der Waals surface area contributed by atoms with Crippen LogP contribution in [0, 0.1) is 12.8 Å². The Morgan fingerprint density at radius 1 is 0.939 bits per heavy atom. The van der Waals surface area contributed by atoms with E-state index in [4.69, 9.17) is 9.15 Å². The number of esters is 1. The maximum absolute atomic E-state index is 12.9. The number of ether oxygens (including phenoxy) is 1. The van der Waals surface area contributed by atoms with Gasteiger partial charge in [-0.2, -0.15) is 4.72 Å². The van der Waals surface area contributed by atoms with Gasteiger partial charge in [0.1, 0.15) is 17.4 Å². The summed E-state index contributed by atoms with van der Waals surface area (Å²) in [4.78, 5) is 25.2. The van der Waals surface area contributed by atoms with Crippen LogP contribution in [0.3, 0.4) is 0 Å². The van der Waals surface area contributed by atoms with Crippen LogP contribution in [-0.2, 0) is 14.8 Å². The summed E-state index contributed by atoms with van der Waals surface area (Å²) >= 11 is 0. The van der Waals surface area contributed by atoms with Crippen LogP contribution in [0.15, 0.2) is 80.8 Å². The molecule has 1 atom stereocenters. The van der Waals surface area contributed by atoms with E-state index in [0.29, 0.717) is 10.8 Å². The zero-order valence-corrected chi connectivity index (χ0v) is 19.2. The minimum absolute atomic E-state index is 0.0610. The fourth-order valence-electron chi connectivity index (χ4n) is 3.51. The first-order valence-electron chi connectivity index (χ1n) is 10.4. The van der Waals surface area contributed by atoms with Crippen molar-refractivity contribution in [1.82, 2.24) is 4.72 Å². The molecule has 0 aliphatic rings. The number of rotatable bonds is 6. The smallest absolute Gasteiger partial charge is 0.344 e. The monoisotopic (exact) mass is 465 g/mol. The molecule has 0 amide bonds. The van der Waals surface area contributed by atoms with E-state index in [1.54, 1.807) is 50.2 Å². The molecule has 0 aliphatic carbocycles. The van der Waals surface area contributed by atoms with Crippen LogP contribution in [-0.4, -0.2) is 20.4 Å². The van der Waals surface area contributed by atoms with Gasteiger partial charge in [0.05, 0.1) is 10.3 Å². The van der Waals surface area contributed by atoms with Crippen LogP contribution in [0.1, 0.15) is 19.4 Å². The van der Waals surface area contributed by atoms with E-state index in [2.05, 4.69) is 4.72 Å². The number of nitrogens with one attached hydrogen (secondary N) is 1. The number of hydrogen-bond donors (Lipinski definition) is 1. The lowest BCUT2D eigenvalue weighted by Crippen LogP contribution is -2.46. The fourth-order valence-corrected chi connectivity index (χ4v) is 4.85. The molecule has 8 heteroatoms. The van der Waals surface area contributed by atoms with Gasteiger partial charge >= 0.3 is 11.6 Å². The molecule has 1 N–H and O–H groups in total. The number of aryl methyl sites for hydroxylation is 1. The van der Waals surface area contributed by atoms with Crippen molar-refractivity contribution < 1.29 is 22.4 Å². The van der Waals surface area contributed by atoms with E-state index in [-0.39, 0.29) is 22.1 Å². The first kappa shape index (κ1) is 22.7. The normalized spacial score (nSPS) is 12.8. The van der Waals surface area contributed by atoms with Crippen LogP contribution < -0.4 is 15.1 Å². The first-order valence-corrected chi connectivity index (χ1v) is 11.9. The molecule has 0 radical (unpaired) electrons. The number of benzene rings is 3. The molecule has 0 aliphatic heterocycles. The molecule has 170 valence electrons. The maximum atomic E-state index is 12.9. The van der Waals surface area contributed by atoms with Crippen LogP contribution in [0.5, 0.6) is 5.75 Å². The Labute approximate surface area is 191 Å². The van der Waals surface area contributed by atoms with Crippen molar-refractivity contribution in [3.8, 4) is 5.75 Å². The summed E-state index contributed by atoms with van der Waals surface area (Å²) in [5, 5.41) is 1.89. The second-order valence-electron chi connectivity index (χ2n) is 8.17. The van der Waals surface area contributed by atoms with E-state index in [9.17, 15) is 18.0 Å². The molecule has 7 nitrogen and oxygen atoms in total. The first-order chi connectivity index (χ1) is 15.7. The summed E-state index contributed by atoms with van der Waals surface area (Å²) in [6, 6.07) is 17.0. The van der Waals surface area contributed by atoms with Gasteiger partial charge in [-0.1, -0.05) is 49.7 Å². The number of carbonyl (C=O) groups excluding carboxylic acids is 1. The average Bonchev–Trinajstić information content (AvgIpc) is 2.77. The Balaban J connectivity index is 1.61. The molecule has 1 aromatic heterocycles. The van der Waals surface area contributed by atoms with Crippen LogP contribution in [0.25, 0.3) is 21.7 Å². The van der Waals surface area contributed by atoms with Crippen molar-refractivity contribution >= 4 is 37.7 Å². The van der Waals surface area contributed by atoms with Gasteiger partial charge < -0.3 is 9.15 Å². The van der Waals surface area contributed by atoms with E-state index >= 15 is 0 Å². The molecule has 0 spiro atoms. The zero-order valence-electron chi connectivity index (χ0n) is 18.4. The summed E-state index contributed by atoms with van der Waals surface area (Å²) in [5.41, 5.74) is 0.697. The molecule has 4 aromatic rings. The van der Waals surface area contributed by atoms with Gasteiger partial charge in [0.2, 0.25) is 10.0 Å². The molecule has 0 unspecified atom stereocenters. The predicted octanol–water partition coefficient (Wildman–Crippen LogP) is 4.16. The third-order valence-electron chi connectivity index (χ3n) is 5.35. The molecule has 0 saturated carbocycles. The summed E-state index contributed by atoms with van der Waals surface area (Å²) in [7, 11) is -3.93. The number of hydrogen-bond acceptors (Lipinski definition) is 6. The van der Waals surface area contributed by atoms with Crippen molar-refractivity contribution in [2.75, 3.05) is 0 Å². The lowest BCUT2D eigenvalue weighted by molar-refractivity contribution is -0.137. The predicted molar refractivity (Wildman–Crippen MR) is 126 cm³/mol. The highest BCUT2D eigenvalue weighted by Crippen LogP contribution is 2.27. The largest absolute Gasteiger partial charge is 0.425 e. The average molecular weight is 466 g/mol. The molecule has 1 heterocycles. The third-order valence-corrected chi connectivity index (χ3v) is 6.80. The number of sulfonamides is 1. The minimum atomic E-state index is -3.93. The Bertz CT molecular complexity index is 1500. The Kier molecular flexibility index (Phi) is 6.05. The van der Waals surface area contributed by atoms with Gasteiger partial charge in [0, 0.05) is 11.5 Å². The number of fused-ring (bicyclic) bond motifs is 3. The SMILES string of the molecule is Cc1ccc(S(=O)(=O)N[C@H](C(=O)Oc2ccc3c(c2)oc(=O)c2ccccc23)C(C)C)cc1. The summed E-state index contributed by atoms with van der Waals surface area (Å²) in [6.07, 6.45) is 0. The maximum Gasteiger partial charge on any atom is 0.344 e. The standard InChI is InChI=1S/C25H23NO6S/c1-15(2)23(26-33(29,30)18-11-8-16(3)9-12-18)25(28)31-17-10-13-20-19-6-4-5-7-21(19)24(27)32-22(20)14-17/h4-15,23,26H,1-3H3/t23-/m0/s1. The highest BCUT2D eigenvalue weighted by Gasteiger charge is 2.30. The van der Waals surface area contributed by atoms with E-state index in [1.165, 1.54) is 18.2 Å². The Morgan fingerprint density at radius 3 is 2.27 bits per heavy atom. The van der Waals surface area contributed by atoms with E-state index < -0.39 is 27.7 Å². The summed E-state index contributed by atoms with van der Waals surface area (Å²) in [5.74, 6) is -0.991. The second kappa shape index (κ2) is 8.80. The molecule has 4 rings (SSSR count). The Hall–Kier alpha value is -3.49. The zero-order chi connectivity index (χ0) is 23.8. The fraction of sp³-hybridized carbons (Fsp3) is 0.200. The highest BCUT2D eigenvalue weighted by atomic mass is 32.2. The van der Waals surface area contributed by atoms with Crippen LogP contribution in [0.4, 0.5) is 0 Å². The molecular formula is C25H23NO6S. The van der Waals surface area contributed by atoms with E-state index in [0.717, 1.165) is 10.9 Å². The van der Waals surface area contributed by atoms with Gasteiger partial charge in [-0.25, -0.2) is 18.0 Å². The van der Waals surface area contributed by atoms with Crippen molar-refractivity contribution in [1.29, 1.82) is 0 Å². The van der Waals surface area contributed by atoms with Gasteiger partial charge in [0.25, 0.3) is 0 Å². The number of carbonyl (C=O) groups is 1. The topological polar surface area (TPSA) is 103 Å². The molecule has 0 saturated heterocycles. The summed E-state index contributed by atoms with van der Waals surface area (Å²) < 4.78 is 38.9. The Morgan fingerprint density at radius 2 is 1.61 bits per heavy atom. The van der Waals surface area contributed by atoms with Crippen molar-refractivity contribution in [2.24, 2.45) is 5.92 Å². The van der Waals surface area contributed by atoms with Gasteiger partial charge in [-0.15, -0.1) is 0 Å². The lowest BCUT2D eigenvalue weighted by Gasteiger charge is -2.21. The van der Waals surface area contributed by atoms with Gasteiger partial charge in [0.15, 0.2) is 0 Å². The van der Waals surface area contributed by atoms with Gasteiger partial charge in [-0.05, 0) is 48.6 Å². The van der Waals surface area contributed by atoms with E-state index in [1.807, 2.05) is 19.1 Å². The quantitative estimate of drug-likeness (QED) is 0.199. The van der Waals surface area contributed by atoms with Crippen molar-refractivity contribution in [3.05, 3.63) is 82.7 Å².